The maximum Gasteiger partial charge on any atom is 0.267 e. The highest BCUT2D eigenvalue weighted by atomic mass is 35.5. The highest BCUT2D eigenvalue weighted by Crippen LogP contribution is 2.30. The van der Waals surface area contributed by atoms with E-state index in [0.717, 1.165) is 6.92 Å². The average Bonchev–Trinajstić information content (AvgIpc) is 2.42. The summed E-state index contributed by atoms with van der Waals surface area (Å²) in [5.41, 5.74) is 0.396. The summed E-state index contributed by atoms with van der Waals surface area (Å²) in [7, 11) is -4.03. The molecule has 0 unspecified atom stereocenters. The highest BCUT2D eigenvalue weighted by molar-refractivity contribution is 7.90. The van der Waals surface area contributed by atoms with Gasteiger partial charge in [0.05, 0.1) is 10.7 Å². The molecule has 9 heteroatoms. The Labute approximate surface area is 137 Å². The summed E-state index contributed by atoms with van der Waals surface area (Å²) in [5.74, 6) is -0.670. The Balaban J connectivity index is 2.45. The van der Waals surface area contributed by atoms with Crippen LogP contribution >= 0.6 is 23.2 Å². The second-order valence-electron chi connectivity index (χ2n) is 4.26. The van der Waals surface area contributed by atoms with Gasteiger partial charge in [-0.15, -0.1) is 0 Å². The van der Waals surface area contributed by atoms with Gasteiger partial charge in [-0.1, -0.05) is 23.2 Å². The van der Waals surface area contributed by atoms with Gasteiger partial charge in [0.15, 0.2) is 5.82 Å². The minimum absolute atomic E-state index is 0.0282. The van der Waals surface area contributed by atoms with Crippen LogP contribution in [0.25, 0.3) is 0 Å². The fourth-order valence-corrected chi connectivity index (χ4v) is 3.11. The van der Waals surface area contributed by atoms with Crippen LogP contribution in [-0.4, -0.2) is 19.3 Å². The summed E-state index contributed by atoms with van der Waals surface area (Å²) in [6.45, 7) is 1.11. The zero-order chi connectivity index (χ0) is 16.3. The largest absolute Gasteiger partial charge is 0.338 e. The van der Waals surface area contributed by atoms with Gasteiger partial charge in [0.2, 0.25) is 5.91 Å². The molecule has 2 N–H and O–H groups in total. The minimum atomic E-state index is -4.03. The van der Waals surface area contributed by atoms with Crippen molar-refractivity contribution in [2.24, 2.45) is 0 Å². The third-order valence-electron chi connectivity index (χ3n) is 2.52. The van der Waals surface area contributed by atoms with E-state index < -0.39 is 15.9 Å². The van der Waals surface area contributed by atoms with Crippen LogP contribution in [0.1, 0.15) is 6.92 Å². The number of halogens is 2. The fourth-order valence-electron chi connectivity index (χ4n) is 1.67. The second-order valence-corrected chi connectivity index (χ2v) is 6.76. The van der Waals surface area contributed by atoms with Crippen molar-refractivity contribution in [2.75, 3.05) is 5.32 Å². The summed E-state index contributed by atoms with van der Waals surface area (Å²) >= 11 is 11.9. The molecule has 1 heterocycles. The van der Waals surface area contributed by atoms with E-state index in [1.165, 1.54) is 24.4 Å². The Morgan fingerprint density at radius 3 is 2.64 bits per heavy atom. The number of amides is 1. The number of rotatable bonds is 4. The summed E-state index contributed by atoms with van der Waals surface area (Å²) in [6, 6.07) is 7.46. The second kappa shape index (κ2) is 6.51. The molecular formula is C13H11Cl2N3O3S. The Hall–Kier alpha value is -1.83. The molecule has 2 rings (SSSR count). The first-order chi connectivity index (χ1) is 10.3. The molecule has 2 aromatic rings. The molecule has 0 atom stereocenters. The molecule has 6 nitrogen and oxygen atoms in total. The van der Waals surface area contributed by atoms with E-state index in [-0.39, 0.29) is 10.7 Å². The number of hydrogen-bond donors (Lipinski definition) is 2. The monoisotopic (exact) mass is 359 g/mol. The van der Waals surface area contributed by atoms with Gasteiger partial charge >= 0.3 is 0 Å². The van der Waals surface area contributed by atoms with Gasteiger partial charge in [0.25, 0.3) is 10.0 Å². The van der Waals surface area contributed by atoms with E-state index >= 15 is 0 Å². The fraction of sp³-hybridized carbons (Fsp3) is 0.0769. The number of anilines is 2. The number of carbonyl (C=O) groups excluding carboxylic acids is 1. The van der Waals surface area contributed by atoms with Gasteiger partial charge in [0.1, 0.15) is 4.90 Å². The number of sulfonamides is 1. The molecule has 0 aliphatic rings. The van der Waals surface area contributed by atoms with Crippen molar-refractivity contribution in [3.8, 4) is 0 Å². The number of carbonyl (C=O) groups is 1. The standard InChI is InChI=1S/C13H11Cl2N3O3S/c1-8(19)18-22(20,21)12-3-2-6-16-13(12)17-11-7-9(14)4-5-10(11)15/h2-7H,1H3,(H,16,17)(H,18,19). The molecule has 116 valence electrons. The van der Waals surface area contributed by atoms with Crippen molar-refractivity contribution < 1.29 is 13.2 Å². The maximum absolute atomic E-state index is 12.1. The van der Waals surface area contributed by atoms with Gasteiger partial charge in [0, 0.05) is 18.1 Å². The van der Waals surface area contributed by atoms with E-state index in [1.807, 2.05) is 4.72 Å². The molecule has 0 radical (unpaired) electrons. The molecule has 0 bridgehead atoms. The Morgan fingerprint density at radius 2 is 1.95 bits per heavy atom. The first-order valence-electron chi connectivity index (χ1n) is 6.00. The Morgan fingerprint density at radius 1 is 1.23 bits per heavy atom. The van der Waals surface area contributed by atoms with Crippen molar-refractivity contribution in [3.05, 3.63) is 46.6 Å². The van der Waals surface area contributed by atoms with Gasteiger partial charge in [-0.2, -0.15) is 0 Å². The van der Waals surface area contributed by atoms with Crippen molar-refractivity contribution >= 4 is 50.6 Å². The number of pyridine rings is 1. The van der Waals surface area contributed by atoms with Crippen LogP contribution in [-0.2, 0) is 14.8 Å². The molecule has 1 aromatic carbocycles. The van der Waals surface area contributed by atoms with Crippen molar-refractivity contribution in [2.45, 2.75) is 11.8 Å². The number of benzene rings is 1. The number of hydrogen-bond acceptors (Lipinski definition) is 5. The first kappa shape index (κ1) is 16.5. The summed E-state index contributed by atoms with van der Waals surface area (Å²) in [6.07, 6.45) is 1.41. The number of nitrogens with one attached hydrogen (secondary N) is 2. The lowest BCUT2D eigenvalue weighted by molar-refractivity contribution is -0.117. The van der Waals surface area contributed by atoms with Crippen molar-refractivity contribution in [3.63, 3.8) is 0 Å². The van der Waals surface area contributed by atoms with E-state index in [4.69, 9.17) is 23.2 Å². The van der Waals surface area contributed by atoms with E-state index in [2.05, 4.69) is 10.3 Å². The van der Waals surface area contributed by atoms with Gasteiger partial charge in [-0.3, -0.25) is 4.79 Å². The maximum atomic E-state index is 12.1. The lowest BCUT2D eigenvalue weighted by atomic mass is 10.3. The predicted octanol–water partition coefficient (Wildman–Crippen LogP) is 2.96. The lowest BCUT2D eigenvalue weighted by Gasteiger charge is -2.12. The molecule has 0 saturated carbocycles. The smallest absolute Gasteiger partial charge is 0.267 e. The zero-order valence-corrected chi connectivity index (χ0v) is 13.6. The average molecular weight is 360 g/mol. The quantitative estimate of drug-likeness (QED) is 0.875. The van der Waals surface area contributed by atoms with Gasteiger partial charge < -0.3 is 5.32 Å². The summed E-state index contributed by atoms with van der Waals surface area (Å²) in [4.78, 5) is 14.8. The van der Waals surface area contributed by atoms with Gasteiger partial charge in [-0.05, 0) is 30.3 Å². The van der Waals surface area contributed by atoms with Crippen LogP contribution in [0.4, 0.5) is 11.5 Å². The minimum Gasteiger partial charge on any atom is -0.338 e. The molecule has 0 spiro atoms. The highest BCUT2D eigenvalue weighted by Gasteiger charge is 2.21. The van der Waals surface area contributed by atoms with Crippen LogP contribution < -0.4 is 10.0 Å². The topological polar surface area (TPSA) is 88.2 Å². The van der Waals surface area contributed by atoms with E-state index in [0.29, 0.717) is 15.7 Å². The van der Waals surface area contributed by atoms with Crippen LogP contribution in [0.15, 0.2) is 41.4 Å². The van der Waals surface area contributed by atoms with Gasteiger partial charge in [-0.25, -0.2) is 18.1 Å². The van der Waals surface area contributed by atoms with Crippen LogP contribution in [0, 0.1) is 0 Å². The molecule has 1 aromatic heterocycles. The van der Waals surface area contributed by atoms with Crippen LogP contribution in [0.2, 0.25) is 10.0 Å². The van der Waals surface area contributed by atoms with Crippen molar-refractivity contribution in [1.82, 2.24) is 9.71 Å². The third kappa shape index (κ3) is 3.88. The number of aromatic nitrogens is 1. The zero-order valence-electron chi connectivity index (χ0n) is 11.3. The normalized spacial score (nSPS) is 11.0. The first-order valence-corrected chi connectivity index (χ1v) is 8.24. The Bertz CT molecular complexity index is 825. The SMILES string of the molecule is CC(=O)NS(=O)(=O)c1cccnc1Nc1cc(Cl)ccc1Cl. The third-order valence-corrected chi connectivity index (χ3v) is 4.55. The van der Waals surface area contributed by atoms with E-state index in [9.17, 15) is 13.2 Å². The summed E-state index contributed by atoms with van der Waals surface area (Å²) in [5, 5.41) is 3.57. The predicted molar refractivity (Wildman–Crippen MR) is 85.0 cm³/mol. The molecule has 1 amide bonds. The molecule has 22 heavy (non-hydrogen) atoms. The summed E-state index contributed by atoms with van der Waals surface area (Å²) < 4.78 is 26.2. The lowest BCUT2D eigenvalue weighted by Crippen LogP contribution is -2.28. The molecule has 0 fully saturated rings. The molecule has 0 saturated heterocycles. The Kier molecular flexibility index (Phi) is 4.90. The number of nitrogens with zero attached hydrogens (tertiary/aromatic N) is 1. The van der Waals surface area contributed by atoms with E-state index in [1.54, 1.807) is 12.1 Å². The molecular weight excluding hydrogens is 349 g/mol. The molecule has 0 aliphatic heterocycles. The van der Waals surface area contributed by atoms with Crippen LogP contribution in [0.5, 0.6) is 0 Å². The van der Waals surface area contributed by atoms with Crippen molar-refractivity contribution in [1.29, 1.82) is 0 Å². The molecule has 0 aliphatic carbocycles. The van der Waals surface area contributed by atoms with Crippen LogP contribution in [0.3, 0.4) is 0 Å².